The second kappa shape index (κ2) is 8.66. The molecule has 0 bridgehead atoms. The Morgan fingerprint density at radius 3 is 2.90 bits per heavy atom. The van der Waals surface area contributed by atoms with E-state index < -0.39 is 0 Å². The van der Waals surface area contributed by atoms with Crippen LogP contribution in [-0.4, -0.2) is 73.9 Å². The summed E-state index contributed by atoms with van der Waals surface area (Å²) in [5, 5.41) is 3.76. The van der Waals surface area contributed by atoms with Crippen LogP contribution in [0.1, 0.15) is 26.2 Å². The van der Waals surface area contributed by atoms with Crippen molar-refractivity contribution in [2.45, 2.75) is 38.3 Å². The molecule has 3 fully saturated rings. The van der Waals surface area contributed by atoms with Crippen molar-refractivity contribution in [1.29, 1.82) is 0 Å². The first-order valence-corrected chi connectivity index (χ1v) is 10.8. The topological polar surface area (TPSA) is 54.0 Å². The molecule has 3 aliphatic rings. The zero-order chi connectivity index (χ0) is 20.4. The summed E-state index contributed by atoms with van der Waals surface area (Å²) in [7, 11) is 0. The third-order valence-electron chi connectivity index (χ3n) is 6.37. The first kappa shape index (κ1) is 20.7. The largest absolute Gasteiger partial charge is 0.491 e. The highest BCUT2D eigenvalue weighted by Gasteiger charge is 2.38. The normalized spacial score (nSPS) is 26.7. The van der Waals surface area contributed by atoms with Crippen LogP contribution >= 0.6 is 11.6 Å². The molecule has 0 aromatic heterocycles. The molecule has 1 N–H and O–H groups in total. The molecule has 160 valence electrons. The second-order valence-corrected chi connectivity index (χ2v) is 9.06. The number of rotatable bonds is 3. The summed E-state index contributed by atoms with van der Waals surface area (Å²) in [6.45, 7) is 7.16. The molecule has 1 aromatic rings. The summed E-state index contributed by atoms with van der Waals surface area (Å²) >= 11 is 6.05. The Bertz CT molecular complexity index is 742. The lowest BCUT2D eigenvalue weighted by atomic mass is 9.81. The van der Waals surface area contributed by atoms with E-state index in [4.69, 9.17) is 21.1 Å². The average Bonchev–Trinajstić information content (AvgIpc) is 2.73. The molecule has 0 saturated carbocycles. The highest BCUT2D eigenvalue weighted by atomic mass is 35.5. The van der Waals surface area contributed by atoms with Gasteiger partial charge in [-0.25, -0.2) is 9.18 Å². The molecule has 8 heteroatoms. The molecule has 29 heavy (non-hydrogen) atoms. The molecule has 2 atom stereocenters. The summed E-state index contributed by atoms with van der Waals surface area (Å²) < 4.78 is 24.9. The molecule has 3 aliphatic heterocycles. The predicted molar refractivity (Wildman–Crippen MR) is 109 cm³/mol. The number of carbonyl (C=O) groups is 1. The number of benzene rings is 1. The van der Waals surface area contributed by atoms with Gasteiger partial charge in [-0.05, 0) is 37.5 Å². The third-order valence-corrected chi connectivity index (χ3v) is 6.67. The molecule has 3 saturated heterocycles. The molecule has 0 unspecified atom stereocenters. The fourth-order valence-corrected chi connectivity index (χ4v) is 4.60. The van der Waals surface area contributed by atoms with E-state index >= 15 is 0 Å². The predicted octanol–water partition coefficient (Wildman–Crippen LogP) is 3.14. The fourth-order valence-electron chi connectivity index (χ4n) is 4.38. The van der Waals surface area contributed by atoms with Gasteiger partial charge in [-0.3, -0.25) is 0 Å². The molecule has 2 amide bonds. The van der Waals surface area contributed by atoms with E-state index in [2.05, 4.69) is 12.2 Å². The van der Waals surface area contributed by atoms with Gasteiger partial charge in [0.2, 0.25) is 0 Å². The summed E-state index contributed by atoms with van der Waals surface area (Å²) in [4.78, 5) is 16.9. The number of urea groups is 1. The minimum atomic E-state index is -0.376. The number of likely N-dealkylation sites (tertiary alicyclic amines) is 2. The standard InChI is InChI=1S/C21H29ClFN3O3/c1-21(14-29-18-3-2-15(23)12-16(18)22)5-9-25(10-6-21)20(27)26-8-4-19-17(13-26)24-7-11-28-19/h2-3,12,17,19,24H,4-11,13-14H2,1H3/t17-,19+/m1/s1. The average molecular weight is 426 g/mol. The van der Waals surface area contributed by atoms with Crippen LogP contribution < -0.4 is 10.1 Å². The zero-order valence-electron chi connectivity index (χ0n) is 16.8. The Morgan fingerprint density at radius 2 is 2.14 bits per heavy atom. The SMILES string of the molecule is CC1(COc2ccc(F)cc2Cl)CCN(C(=O)N2CC[C@@H]3OCCN[C@@H]3C2)CC1. The molecular weight excluding hydrogens is 397 g/mol. The van der Waals surface area contributed by atoms with Gasteiger partial charge in [0.1, 0.15) is 11.6 Å². The molecular formula is C21H29ClFN3O3. The monoisotopic (exact) mass is 425 g/mol. The Balaban J connectivity index is 1.27. The van der Waals surface area contributed by atoms with Crippen LogP contribution in [0.25, 0.3) is 0 Å². The number of hydrogen-bond acceptors (Lipinski definition) is 4. The van der Waals surface area contributed by atoms with Gasteiger partial charge < -0.3 is 24.6 Å². The Kier molecular flexibility index (Phi) is 6.18. The van der Waals surface area contributed by atoms with Crippen molar-refractivity contribution in [2.75, 3.05) is 45.9 Å². The summed E-state index contributed by atoms with van der Waals surface area (Å²) in [5.74, 6) is 0.122. The van der Waals surface area contributed by atoms with Crippen molar-refractivity contribution < 1.29 is 18.7 Å². The van der Waals surface area contributed by atoms with Gasteiger partial charge in [0.15, 0.2) is 0 Å². The van der Waals surface area contributed by atoms with Crippen LogP contribution in [0.5, 0.6) is 5.75 Å². The van der Waals surface area contributed by atoms with Crippen molar-refractivity contribution in [3.8, 4) is 5.75 Å². The van der Waals surface area contributed by atoms with Gasteiger partial charge in [0.25, 0.3) is 0 Å². The lowest BCUT2D eigenvalue weighted by Crippen LogP contribution is -2.61. The quantitative estimate of drug-likeness (QED) is 0.808. The van der Waals surface area contributed by atoms with Crippen molar-refractivity contribution in [1.82, 2.24) is 15.1 Å². The first-order chi connectivity index (χ1) is 13.9. The summed E-state index contributed by atoms with van der Waals surface area (Å²) in [5.41, 5.74) is -0.0414. The number of piperidine rings is 2. The van der Waals surface area contributed by atoms with Gasteiger partial charge in [0.05, 0.1) is 30.4 Å². The van der Waals surface area contributed by atoms with Crippen molar-refractivity contribution in [3.63, 3.8) is 0 Å². The van der Waals surface area contributed by atoms with Crippen molar-refractivity contribution in [2.24, 2.45) is 5.41 Å². The van der Waals surface area contributed by atoms with Gasteiger partial charge >= 0.3 is 6.03 Å². The Morgan fingerprint density at radius 1 is 1.34 bits per heavy atom. The summed E-state index contributed by atoms with van der Waals surface area (Å²) in [6, 6.07) is 4.54. The number of ether oxygens (including phenoxy) is 2. The number of nitrogens with one attached hydrogen (secondary N) is 1. The smallest absolute Gasteiger partial charge is 0.320 e. The number of amides is 2. The number of morpholine rings is 1. The molecule has 0 aliphatic carbocycles. The minimum absolute atomic E-state index is 0.0414. The molecule has 4 rings (SSSR count). The minimum Gasteiger partial charge on any atom is -0.491 e. The Hall–Kier alpha value is -1.57. The van der Waals surface area contributed by atoms with Gasteiger partial charge in [-0.2, -0.15) is 0 Å². The molecule has 6 nitrogen and oxygen atoms in total. The van der Waals surface area contributed by atoms with Gasteiger partial charge in [-0.1, -0.05) is 18.5 Å². The highest BCUT2D eigenvalue weighted by Crippen LogP contribution is 2.34. The molecule has 1 aromatic carbocycles. The zero-order valence-corrected chi connectivity index (χ0v) is 17.6. The second-order valence-electron chi connectivity index (χ2n) is 8.65. The summed E-state index contributed by atoms with van der Waals surface area (Å²) in [6.07, 6.45) is 2.84. The fraction of sp³-hybridized carbons (Fsp3) is 0.667. The van der Waals surface area contributed by atoms with Gasteiger partial charge in [0, 0.05) is 38.1 Å². The van der Waals surface area contributed by atoms with Crippen LogP contribution in [0, 0.1) is 11.2 Å². The van der Waals surface area contributed by atoms with Crippen molar-refractivity contribution in [3.05, 3.63) is 29.0 Å². The molecule has 0 spiro atoms. The van der Waals surface area contributed by atoms with Crippen LogP contribution in [0.15, 0.2) is 18.2 Å². The van der Waals surface area contributed by atoms with E-state index in [-0.39, 0.29) is 34.4 Å². The van der Waals surface area contributed by atoms with Crippen LogP contribution in [0.3, 0.4) is 0 Å². The maximum atomic E-state index is 13.2. The van der Waals surface area contributed by atoms with Crippen LogP contribution in [0.4, 0.5) is 9.18 Å². The van der Waals surface area contributed by atoms with E-state index in [1.165, 1.54) is 12.1 Å². The number of halogens is 2. The first-order valence-electron chi connectivity index (χ1n) is 10.4. The maximum absolute atomic E-state index is 13.2. The molecule has 3 heterocycles. The van der Waals surface area contributed by atoms with Crippen molar-refractivity contribution >= 4 is 17.6 Å². The number of fused-ring (bicyclic) bond motifs is 1. The maximum Gasteiger partial charge on any atom is 0.320 e. The van der Waals surface area contributed by atoms with E-state index in [0.717, 1.165) is 39.0 Å². The number of hydrogen-bond donors (Lipinski definition) is 1. The van der Waals surface area contributed by atoms with E-state index in [9.17, 15) is 9.18 Å². The van der Waals surface area contributed by atoms with Crippen LogP contribution in [0.2, 0.25) is 5.02 Å². The Labute approximate surface area is 176 Å². The lowest BCUT2D eigenvalue weighted by Gasteiger charge is -2.45. The van der Waals surface area contributed by atoms with E-state index in [1.807, 2.05) is 9.80 Å². The third kappa shape index (κ3) is 4.78. The number of nitrogens with zero attached hydrogens (tertiary/aromatic N) is 2. The van der Waals surface area contributed by atoms with Crippen LogP contribution in [-0.2, 0) is 4.74 Å². The molecule has 0 radical (unpaired) electrons. The number of carbonyl (C=O) groups excluding carboxylic acids is 1. The lowest BCUT2D eigenvalue weighted by molar-refractivity contribution is -0.0390. The van der Waals surface area contributed by atoms with Gasteiger partial charge in [-0.15, -0.1) is 0 Å². The van der Waals surface area contributed by atoms with E-state index in [1.54, 1.807) is 6.07 Å². The highest BCUT2D eigenvalue weighted by molar-refractivity contribution is 6.32. The van der Waals surface area contributed by atoms with E-state index in [0.29, 0.717) is 32.0 Å².